The minimum atomic E-state index is -0.343. The Morgan fingerprint density at radius 1 is 1.29 bits per heavy atom. The zero-order valence-electron chi connectivity index (χ0n) is 9.87. The van der Waals surface area contributed by atoms with Crippen molar-refractivity contribution in [3.05, 3.63) is 15.6 Å². The molecule has 4 N–H and O–H groups in total. The van der Waals surface area contributed by atoms with Crippen LogP contribution in [0.1, 0.15) is 15.6 Å². The van der Waals surface area contributed by atoms with Gasteiger partial charge in [-0.1, -0.05) is 0 Å². The van der Waals surface area contributed by atoms with E-state index in [0.717, 1.165) is 15.6 Å². The van der Waals surface area contributed by atoms with Gasteiger partial charge in [0, 0.05) is 4.88 Å². The van der Waals surface area contributed by atoms with E-state index in [-0.39, 0.29) is 24.9 Å². The second-order valence-electron chi connectivity index (χ2n) is 3.50. The van der Waals surface area contributed by atoms with Crippen molar-refractivity contribution in [3.63, 3.8) is 0 Å². The highest BCUT2D eigenvalue weighted by Gasteiger charge is 2.07. The van der Waals surface area contributed by atoms with Crippen molar-refractivity contribution in [3.8, 4) is 0 Å². The van der Waals surface area contributed by atoms with Crippen LogP contribution in [0.25, 0.3) is 0 Å². The maximum atomic E-state index is 11.4. The molecule has 0 atom stereocenters. The highest BCUT2D eigenvalue weighted by Crippen LogP contribution is 2.16. The lowest BCUT2D eigenvalue weighted by Gasteiger charge is -2.05. The van der Waals surface area contributed by atoms with E-state index in [9.17, 15) is 9.59 Å². The van der Waals surface area contributed by atoms with Crippen LogP contribution in [0.5, 0.6) is 0 Å². The summed E-state index contributed by atoms with van der Waals surface area (Å²) in [5.41, 5.74) is 6.02. The van der Waals surface area contributed by atoms with Gasteiger partial charge in [0.25, 0.3) is 0 Å². The van der Waals surface area contributed by atoms with Gasteiger partial charge in [-0.25, -0.2) is 4.98 Å². The minimum absolute atomic E-state index is 0.0487. The maximum absolute atomic E-state index is 11.4. The van der Waals surface area contributed by atoms with Crippen molar-refractivity contribution in [1.29, 1.82) is 0 Å². The van der Waals surface area contributed by atoms with Gasteiger partial charge in [0.15, 0.2) is 0 Å². The van der Waals surface area contributed by atoms with Gasteiger partial charge in [0.2, 0.25) is 11.8 Å². The summed E-state index contributed by atoms with van der Waals surface area (Å²) in [5, 5.41) is 6.08. The summed E-state index contributed by atoms with van der Waals surface area (Å²) in [7, 11) is 0. The van der Waals surface area contributed by atoms with Gasteiger partial charge in [0.1, 0.15) is 0 Å². The number of nitrogens with zero attached hydrogens (tertiary/aromatic N) is 1. The van der Waals surface area contributed by atoms with Crippen LogP contribution in [0.15, 0.2) is 0 Å². The van der Waals surface area contributed by atoms with E-state index in [1.165, 1.54) is 0 Å². The molecule has 7 heteroatoms. The fourth-order valence-corrected chi connectivity index (χ4v) is 2.11. The van der Waals surface area contributed by atoms with Crippen molar-refractivity contribution in [2.24, 2.45) is 5.73 Å². The first kappa shape index (κ1) is 13.6. The molecule has 0 spiro atoms. The number of amides is 2. The fraction of sp³-hybridized carbons (Fsp3) is 0.500. The Kier molecular flexibility index (Phi) is 5.05. The summed E-state index contributed by atoms with van der Waals surface area (Å²) in [6.45, 7) is 4.10. The zero-order chi connectivity index (χ0) is 12.8. The lowest BCUT2D eigenvalue weighted by Crippen LogP contribution is -2.39. The van der Waals surface area contributed by atoms with Crippen molar-refractivity contribution in [2.45, 2.75) is 20.4 Å². The third kappa shape index (κ3) is 4.49. The Morgan fingerprint density at radius 2 is 2.00 bits per heavy atom. The molecule has 1 aromatic heterocycles. The molecule has 0 saturated carbocycles. The van der Waals surface area contributed by atoms with Gasteiger partial charge in [-0.15, -0.1) is 11.3 Å². The lowest BCUT2D eigenvalue weighted by molar-refractivity contribution is -0.125. The van der Waals surface area contributed by atoms with Crippen LogP contribution >= 0.6 is 11.3 Å². The van der Waals surface area contributed by atoms with Crippen molar-refractivity contribution in [1.82, 2.24) is 15.6 Å². The van der Waals surface area contributed by atoms with E-state index in [1.807, 2.05) is 13.8 Å². The Morgan fingerprint density at radius 3 is 2.53 bits per heavy atom. The molecule has 0 aliphatic carbocycles. The molecular weight excluding hydrogens is 240 g/mol. The van der Waals surface area contributed by atoms with E-state index in [4.69, 9.17) is 5.73 Å². The van der Waals surface area contributed by atoms with Crippen LogP contribution in [0.4, 0.5) is 0 Å². The van der Waals surface area contributed by atoms with Crippen LogP contribution < -0.4 is 16.4 Å². The number of hydrogen-bond donors (Lipinski definition) is 3. The number of hydrogen-bond acceptors (Lipinski definition) is 5. The SMILES string of the molecule is Cc1nc(C)c(CNC(=O)CNC(=O)CN)s1. The predicted molar refractivity (Wildman–Crippen MR) is 65.5 cm³/mol. The third-order valence-corrected chi connectivity index (χ3v) is 3.15. The van der Waals surface area contributed by atoms with Gasteiger partial charge < -0.3 is 16.4 Å². The second-order valence-corrected chi connectivity index (χ2v) is 4.79. The van der Waals surface area contributed by atoms with Gasteiger partial charge in [-0.05, 0) is 13.8 Å². The van der Waals surface area contributed by atoms with Gasteiger partial charge in [-0.3, -0.25) is 9.59 Å². The number of nitrogens with two attached hydrogens (primary N) is 1. The number of aryl methyl sites for hydroxylation is 2. The van der Waals surface area contributed by atoms with Gasteiger partial charge in [-0.2, -0.15) is 0 Å². The second kappa shape index (κ2) is 6.31. The highest BCUT2D eigenvalue weighted by molar-refractivity contribution is 7.11. The Hall–Kier alpha value is -1.47. The summed E-state index contributed by atoms with van der Waals surface area (Å²) < 4.78 is 0. The Labute approximate surface area is 104 Å². The first-order chi connectivity index (χ1) is 8.02. The lowest BCUT2D eigenvalue weighted by atomic mass is 10.4. The Bertz CT molecular complexity index is 416. The number of rotatable bonds is 5. The van der Waals surface area contributed by atoms with E-state index in [1.54, 1.807) is 11.3 Å². The van der Waals surface area contributed by atoms with Crippen LogP contribution in [-0.4, -0.2) is 29.9 Å². The molecule has 0 aliphatic heterocycles. The predicted octanol–water partition coefficient (Wildman–Crippen LogP) is -0.549. The standard InChI is InChI=1S/C10H16N4O2S/c1-6-8(17-7(2)14-6)4-12-10(16)5-13-9(15)3-11/h3-5,11H2,1-2H3,(H,12,16)(H,13,15). The van der Waals surface area contributed by atoms with Crippen LogP contribution in [-0.2, 0) is 16.1 Å². The molecule has 0 aliphatic rings. The molecule has 0 unspecified atom stereocenters. The average Bonchev–Trinajstić information content (AvgIpc) is 2.62. The fourth-order valence-electron chi connectivity index (χ4n) is 1.23. The van der Waals surface area contributed by atoms with Crippen LogP contribution in [0.3, 0.4) is 0 Å². The molecule has 1 heterocycles. The molecule has 0 fully saturated rings. The monoisotopic (exact) mass is 256 g/mol. The maximum Gasteiger partial charge on any atom is 0.239 e. The molecule has 1 rings (SSSR count). The molecule has 0 aromatic carbocycles. The number of carbonyl (C=O) groups excluding carboxylic acids is 2. The number of thiazole rings is 1. The largest absolute Gasteiger partial charge is 0.350 e. The van der Waals surface area contributed by atoms with Gasteiger partial charge in [0.05, 0.1) is 30.3 Å². The summed E-state index contributed by atoms with van der Waals surface area (Å²) in [6.07, 6.45) is 0. The highest BCUT2D eigenvalue weighted by atomic mass is 32.1. The minimum Gasteiger partial charge on any atom is -0.350 e. The summed E-state index contributed by atoms with van der Waals surface area (Å²) in [6, 6.07) is 0. The van der Waals surface area contributed by atoms with Gasteiger partial charge >= 0.3 is 0 Å². The zero-order valence-corrected chi connectivity index (χ0v) is 10.7. The van der Waals surface area contributed by atoms with E-state index < -0.39 is 0 Å². The summed E-state index contributed by atoms with van der Waals surface area (Å²) in [5.74, 6) is -0.581. The first-order valence-corrected chi connectivity index (χ1v) is 6.01. The normalized spacial score (nSPS) is 10.1. The summed E-state index contributed by atoms with van der Waals surface area (Å²) >= 11 is 1.55. The number of carbonyl (C=O) groups is 2. The van der Waals surface area contributed by atoms with Crippen molar-refractivity contribution >= 4 is 23.2 Å². The topological polar surface area (TPSA) is 97.1 Å². The molecule has 0 radical (unpaired) electrons. The third-order valence-electron chi connectivity index (χ3n) is 2.08. The first-order valence-electron chi connectivity index (χ1n) is 5.19. The number of nitrogens with one attached hydrogen (secondary N) is 2. The molecule has 1 aromatic rings. The summed E-state index contributed by atoms with van der Waals surface area (Å²) in [4.78, 5) is 27.5. The molecule has 2 amide bonds. The number of aromatic nitrogens is 1. The van der Waals surface area contributed by atoms with Crippen LogP contribution in [0.2, 0.25) is 0 Å². The smallest absolute Gasteiger partial charge is 0.239 e. The molecular formula is C10H16N4O2S. The van der Waals surface area contributed by atoms with E-state index in [0.29, 0.717) is 6.54 Å². The van der Waals surface area contributed by atoms with Crippen molar-refractivity contribution < 1.29 is 9.59 Å². The van der Waals surface area contributed by atoms with E-state index >= 15 is 0 Å². The van der Waals surface area contributed by atoms with Crippen LogP contribution in [0, 0.1) is 13.8 Å². The molecule has 0 bridgehead atoms. The molecule has 94 valence electrons. The average molecular weight is 256 g/mol. The Balaban J connectivity index is 2.33. The van der Waals surface area contributed by atoms with E-state index in [2.05, 4.69) is 15.6 Å². The molecule has 0 saturated heterocycles. The molecule has 6 nitrogen and oxygen atoms in total. The molecule has 17 heavy (non-hydrogen) atoms. The van der Waals surface area contributed by atoms with Crippen molar-refractivity contribution in [2.75, 3.05) is 13.1 Å². The quantitative estimate of drug-likeness (QED) is 0.658.